The molecule has 0 unspecified atom stereocenters. The third-order valence-corrected chi connectivity index (χ3v) is 4.29. The number of carbonyl (C=O) groups excluding carboxylic acids is 1. The van der Waals surface area contributed by atoms with E-state index < -0.39 is 0 Å². The van der Waals surface area contributed by atoms with Gasteiger partial charge in [0.1, 0.15) is 0 Å². The van der Waals surface area contributed by atoms with E-state index in [1.807, 2.05) is 61.5 Å². The summed E-state index contributed by atoms with van der Waals surface area (Å²) in [5.41, 5.74) is 3.27. The lowest BCUT2D eigenvalue weighted by atomic mass is 10.2. The fraction of sp³-hybridized carbons (Fsp3) is 0.211. The molecule has 6 heteroatoms. The van der Waals surface area contributed by atoms with E-state index in [9.17, 15) is 4.79 Å². The molecule has 1 aromatic heterocycles. The van der Waals surface area contributed by atoms with Gasteiger partial charge in [-0.25, -0.2) is 4.68 Å². The number of benzene rings is 2. The number of halogens is 1. The summed E-state index contributed by atoms with van der Waals surface area (Å²) < 4.78 is 1.75. The molecule has 3 aromatic rings. The first kappa shape index (κ1) is 17.2. The number of hydrogen-bond acceptors (Lipinski definition) is 3. The Morgan fingerprint density at radius 2 is 1.76 bits per heavy atom. The van der Waals surface area contributed by atoms with E-state index in [4.69, 9.17) is 11.6 Å². The third kappa shape index (κ3) is 4.06. The maximum absolute atomic E-state index is 12.7. The molecule has 0 atom stereocenters. The summed E-state index contributed by atoms with van der Waals surface area (Å²) >= 11 is 5.90. The molecule has 1 heterocycles. The zero-order chi connectivity index (χ0) is 17.8. The van der Waals surface area contributed by atoms with Crippen molar-refractivity contribution in [2.24, 2.45) is 0 Å². The first-order chi connectivity index (χ1) is 12.0. The molecule has 0 saturated carbocycles. The summed E-state index contributed by atoms with van der Waals surface area (Å²) in [6, 6.07) is 17.4. The Hall–Kier alpha value is -2.66. The number of carbonyl (C=O) groups is 1. The zero-order valence-electron chi connectivity index (χ0n) is 14.2. The standard InChI is InChI=1S/C19H19ClN4O/c1-14-18(21-22-24(14)13-15-6-4-3-5-7-15)19(25)23(2)12-16-8-10-17(20)11-9-16/h3-11H,12-13H2,1-2H3. The molecule has 0 spiro atoms. The lowest BCUT2D eigenvalue weighted by molar-refractivity contribution is 0.0778. The predicted octanol–water partition coefficient (Wildman–Crippen LogP) is 3.56. The van der Waals surface area contributed by atoms with Gasteiger partial charge in [0.15, 0.2) is 5.69 Å². The molecular formula is C19H19ClN4O. The van der Waals surface area contributed by atoms with Crippen LogP contribution in [0.25, 0.3) is 0 Å². The quantitative estimate of drug-likeness (QED) is 0.704. The van der Waals surface area contributed by atoms with Crippen LogP contribution in [0, 0.1) is 6.92 Å². The van der Waals surface area contributed by atoms with Gasteiger partial charge in [-0.1, -0.05) is 59.3 Å². The van der Waals surface area contributed by atoms with E-state index in [1.165, 1.54) is 0 Å². The second-order valence-electron chi connectivity index (χ2n) is 5.95. The number of amides is 1. The van der Waals surface area contributed by atoms with Crippen LogP contribution in [0.1, 0.15) is 27.3 Å². The molecule has 0 aliphatic carbocycles. The minimum Gasteiger partial charge on any atom is -0.336 e. The summed E-state index contributed by atoms with van der Waals surface area (Å²) in [4.78, 5) is 14.3. The zero-order valence-corrected chi connectivity index (χ0v) is 14.9. The van der Waals surface area contributed by atoms with Crippen LogP contribution < -0.4 is 0 Å². The highest BCUT2D eigenvalue weighted by atomic mass is 35.5. The van der Waals surface area contributed by atoms with Gasteiger partial charge in [-0.3, -0.25) is 4.79 Å². The van der Waals surface area contributed by atoms with Gasteiger partial charge in [0, 0.05) is 18.6 Å². The molecule has 0 radical (unpaired) electrons. The van der Waals surface area contributed by atoms with Crippen LogP contribution in [0.3, 0.4) is 0 Å². The van der Waals surface area contributed by atoms with Gasteiger partial charge in [0.25, 0.3) is 5.91 Å². The topological polar surface area (TPSA) is 51.0 Å². The van der Waals surface area contributed by atoms with Crippen LogP contribution in [-0.2, 0) is 13.1 Å². The maximum Gasteiger partial charge on any atom is 0.276 e. The molecule has 5 nitrogen and oxygen atoms in total. The van der Waals surface area contributed by atoms with Crippen LogP contribution in [0.4, 0.5) is 0 Å². The Balaban J connectivity index is 1.72. The van der Waals surface area contributed by atoms with E-state index in [-0.39, 0.29) is 5.91 Å². The van der Waals surface area contributed by atoms with Crippen molar-refractivity contribution in [3.05, 3.63) is 82.1 Å². The number of aromatic nitrogens is 3. The van der Waals surface area contributed by atoms with Crippen molar-refractivity contribution in [3.63, 3.8) is 0 Å². The minimum absolute atomic E-state index is 0.147. The number of rotatable bonds is 5. The highest BCUT2D eigenvalue weighted by Gasteiger charge is 2.20. The van der Waals surface area contributed by atoms with Crippen molar-refractivity contribution in [2.75, 3.05) is 7.05 Å². The van der Waals surface area contributed by atoms with Gasteiger partial charge in [0.2, 0.25) is 0 Å². The lowest BCUT2D eigenvalue weighted by Crippen LogP contribution is -2.27. The minimum atomic E-state index is -0.147. The van der Waals surface area contributed by atoms with Crippen molar-refractivity contribution in [3.8, 4) is 0 Å². The summed E-state index contributed by atoms with van der Waals surface area (Å²) in [7, 11) is 1.76. The molecule has 25 heavy (non-hydrogen) atoms. The van der Waals surface area contributed by atoms with Crippen molar-refractivity contribution in [2.45, 2.75) is 20.0 Å². The molecule has 128 valence electrons. The fourth-order valence-electron chi connectivity index (χ4n) is 2.58. The van der Waals surface area contributed by atoms with Crippen molar-refractivity contribution in [1.82, 2.24) is 19.9 Å². The van der Waals surface area contributed by atoms with Crippen LogP contribution >= 0.6 is 11.6 Å². The molecule has 3 rings (SSSR count). The smallest absolute Gasteiger partial charge is 0.276 e. The van der Waals surface area contributed by atoms with E-state index in [0.29, 0.717) is 23.8 Å². The highest BCUT2D eigenvalue weighted by Crippen LogP contribution is 2.14. The third-order valence-electron chi connectivity index (χ3n) is 4.04. The first-order valence-corrected chi connectivity index (χ1v) is 8.36. The highest BCUT2D eigenvalue weighted by molar-refractivity contribution is 6.30. The molecule has 0 saturated heterocycles. The second kappa shape index (κ2) is 7.49. The van der Waals surface area contributed by atoms with Crippen LogP contribution in [-0.4, -0.2) is 32.8 Å². The number of hydrogen-bond donors (Lipinski definition) is 0. The Morgan fingerprint density at radius 3 is 2.44 bits per heavy atom. The second-order valence-corrected chi connectivity index (χ2v) is 6.39. The summed E-state index contributed by atoms with van der Waals surface area (Å²) in [6.07, 6.45) is 0. The Morgan fingerprint density at radius 1 is 1.08 bits per heavy atom. The SMILES string of the molecule is Cc1c(C(=O)N(C)Cc2ccc(Cl)cc2)nnn1Cc1ccccc1. The van der Waals surface area contributed by atoms with Crippen molar-refractivity contribution < 1.29 is 4.79 Å². The Bertz CT molecular complexity index is 859. The van der Waals surface area contributed by atoms with Gasteiger partial charge >= 0.3 is 0 Å². The van der Waals surface area contributed by atoms with E-state index in [1.54, 1.807) is 16.6 Å². The molecule has 0 aliphatic heterocycles. The molecule has 0 N–H and O–H groups in total. The molecule has 0 bridgehead atoms. The summed E-state index contributed by atoms with van der Waals surface area (Å²) in [5, 5.41) is 8.90. The summed E-state index contributed by atoms with van der Waals surface area (Å²) in [6.45, 7) is 2.95. The van der Waals surface area contributed by atoms with Gasteiger partial charge in [-0.05, 0) is 30.2 Å². The van der Waals surface area contributed by atoms with Crippen molar-refractivity contribution >= 4 is 17.5 Å². The van der Waals surface area contributed by atoms with E-state index in [0.717, 1.165) is 16.8 Å². The molecular weight excluding hydrogens is 336 g/mol. The summed E-state index contributed by atoms with van der Waals surface area (Å²) in [5.74, 6) is -0.147. The normalized spacial score (nSPS) is 10.7. The van der Waals surface area contributed by atoms with E-state index >= 15 is 0 Å². The first-order valence-electron chi connectivity index (χ1n) is 7.98. The van der Waals surface area contributed by atoms with Crippen LogP contribution in [0.2, 0.25) is 5.02 Å². The molecule has 2 aromatic carbocycles. The van der Waals surface area contributed by atoms with Gasteiger partial charge in [0.05, 0.1) is 12.2 Å². The van der Waals surface area contributed by atoms with Gasteiger partial charge in [-0.15, -0.1) is 5.10 Å². The lowest BCUT2D eigenvalue weighted by Gasteiger charge is -2.16. The van der Waals surface area contributed by atoms with Gasteiger partial charge < -0.3 is 4.90 Å². The van der Waals surface area contributed by atoms with Crippen molar-refractivity contribution in [1.29, 1.82) is 0 Å². The fourth-order valence-corrected chi connectivity index (χ4v) is 2.71. The Kier molecular flexibility index (Phi) is 5.14. The van der Waals surface area contributed by atoms with E-state index in [2.05, 4.69) is 10.3 Å². The van der Waals surface area contributed by atoms with Crippen LogP contribution in [0.5, 0.6) is 0 Å². The van der Waals surface area contributed by atoms with Gasteiger partial charge in [-0.2, -0.15) is 0 Å². The van der Waals surface area contributed by atoms with Crippen LogP contribution in [0.15, 0.2) is 54.6 Å². The number of nitrogens with zero attached hydrogens (tertiary/aromatic N) is 4. The Labute approximate surface area is 151 Å². The molecule has 0 aliphatic rings. The molecule has 1 amide bonds. The largest absolute Gasteiger partial charge is 0.336 e. The molecule has 0 fully saturated rings. The monoisotopic (exact) mass is 354 g/mol. The maximum atomic E-state index is 12.7. The average Bonchev–Trinajstić information content (AvgIpc) is 2.98. The average molecular weight is 355 g/mol. The predicted molar refractivity (Wildman–Crippen MR) is 97.6 cm³/mol.